The van der Waals surface area contributed by atoms with Crippen molar-refractivity contribution in [2.45, 2.75) is 90.3 Å². The van der Waals surface area contributed by atoms with Crippen molar-refractivity contribution in [2.24, 2.45) is 0 Å². The number of methoxy groups -OCH3 is 1. The summed E-state index contributed by atoms with van der Waals surface area (Å²) in [7, 11) is 1.60. The Bertz CT molecular complexity index is 516. The fourth-order valence-corrected chi connectivity index (χ4v) is 2.91. The van der Waals surface area contributed by atoms with Crippen LogP contribution in [0.5, 0.6) is 0 Å². The Balaban J connectivity index is 4.16. The molecule has 0 heterocycles. The van der Waals surface area contributed by atoms with E-state index in [9.17, 15) is 14.7 Å². The lowest BCUT2D eigenvalue weighted by Crippen LogP contribution is -2.19. The van der Waals surface area contributed by atoms with Gasteiger partial charge in [0.05, 0.1) is 25.9 Å². The van der Waals surface area contributed by atoms with Crippen molar-refractivity contribution in [1.29, 1.82) is 0 Å². The van der Waals surface area contributed by atoms with Crippen molar-refractivity contribution in [3.63, 3.8) is 0 Å². The third kappa shape index (κ3) is 20.2. The van der Waals surface area contributed by atoms with E-state index >= 15 is 0 Å². The number of hydrogen-bond acceptors (Lipinski definition) is 7. The second kappa shape index (κ2) is 22.5. The molecule has 0 radical (unpaired) electrons. The Kier molecular flexibility index (Phi) is 21.3. The standard InChI is InChI=1S/C25H44O7/c1-4-6-8-12-22(26)13-10-17-25(28)32-23(14-9-7-5-2)15-11-16-24(27)31-21-20-30-19-18-29-3/h6-9,22-23,26H,4-5,10-21H2,1-3H3/b8-6-,9-7-. The number of ether oxygens (including phenoxy) is 4. The number of aliphatic hydroxyl groups excluding tert-OH is 1. The van der Waals surface area contributed by atoms with Crippen molar-refractivity contribution >= 4 is 11.9 Å². The summed E-state index contributed by atoms with van der Waals surface area (Å²) in [6.07, 6.45) is 13.4. The van der Waals surface area contributed by atoms with E-state index in [1.54, 1.807) is 7.11 Å². The molecule has 32 heavy (non-hydrogen) atoms. The summed E-state index contributed by atoms with van der Waals surface area (Å²) in [4.78, 5) is 24.1. The molecule has 0 bridgehead atoms. The Morgan fingerprint density at radius 3 is 2.12 bits per heavy atom. The van der Waals surface area contributed by atoms with E-state index in [2.05, 4.69) is 6.92 Å². The Morgan fingerprint density at radius 1 is 0.812 bits per heavy atom. The molecule has 0 spiro atoms. The predicted octanol–water partition coefficient (Wildman–Crippen LogP) is 4.52. The average Bonchev–Trinajstić information content (AvgIpc) is 2.76. The smallest absolute Gasteiger partial charge is 0.306 e. The number of esters is 2. The van der Waals surface area contributed by atoms with Crippen LogP contribution in [0.25, 0.3) is 0 Å². The maximum absolute atomic E-state index is 12.2. The molecule has 0 saturated carbocycles. The minimum atomic E-state index is -0.426. The topological polar surface area (TPSA) is 91.3 Å². The number of carbonyl (C=O) groups is 2. The van der Waals surface area contributed by atoms with Gasteiger partial charge >= 0.3 is 11.9 Å². The summed E-state index contributed by atoms with van der Waals surface area (Å²) in [5.41, 5.74) is 0. The molecule has 2 atom stereocenters. The number of rotatable bonds is 21. The Hall–Kier alpha value is -1.70. The van der Waals surface area contributed by atoms with Gasteiger partial charge in [0.15, 0.2) is 0 Å². The predicted molar refractivity (Wildman–Crippen MR) is 125 cm³/mol. The minimum Gasteiger partial charge on any atom is -0.463 e. The maximum Gasteiger partial charge on any atom is 0.306 e. The van der Waals surface area contributed by atoms with Gasteiger partial charge in [-0.05, 0) is 44.9 Å². The molecule has 0 aromatic carbocycles. The van der Waals surface area contributed by atoms with Crippen LogP contribution in [-0.2, 0) is 28.5 Å². The molecule has 0 saturated heterocycles. The quantitative estimate of drug-likeness (QED) is 0.154. The van der Waals surface area contributed by atoms with E-state index in [1.165, 1.54) is 0 Å². The van der Waals surface area contributed by atoms with Gasteiger partial charge in [0.1, 0.15) is 12.7 Å². The molecule has 0 aromatic heterocycles. The van der Waals surface area contributed by atoms with Crippen LogP contribution in [0, 0.1) is 0 Å². The first-order valence-corrected chi connectivity index (χ1v) is 11.9. The highest BCUT2D eigenvalue weighted by Gasteiger charge is 2.15. The van der Waals surface area contributed by atoms with E-state index in [0.29, 0.717) is 58.3 Å². The molecule has 0 aromatic rings. The molecule has 0 aliphatic heterocycles. The van der Waals surface area contributed by atoms with Crippen LogP contribution in [0.2, 0.25) is 0 Å². The van der Waals surface area contributed by atoms with E-state index in [4.69, 9.17) is 18.9 Å². The average molecular weight is 457 g/mol. The van der Waals surface area contributed by atoms with E-state index < -0.39 is 6.10 Å². The molecule has 0 aliphatic rings. The van der Waals surface area contributed by atoms with Crippen LogP contribution >= 0.6 is 0 Å². The van der Waals surface area contributed by atoms with Gasteiger partial charge in [-0.3, -0.25) is 9.59 Å². The van der Waals surface area contributed by atoms with E-state index in [0.717, 1.165) is 12.8 Å². The lowest BCUT2D eigenvalue weighted by molar-refractivity contribution is -0.149. The number of carbonyl (C=O) groups excluding carboxylic acids is 2. The third-order valence-electron chi connectivity index (χ3n) is 4.66. The summed E-state index contributed by atoms with van der Waals surface area (Å²) >= 11 is 0. The van der Waals surface area contributed by atoms with Crippen molar-refractivity contribution in [3.8, 4) is 0 Å². The first-order valence-electron chi connectivity index (χ1n) is 11.9. The monoisotopic (exact) mass is 456 g/mol. The molecular weight excluding hydrogens is 412 g/mol. The normalized spacial score (nSPS) is 13.5. The van der Waals surface area contributed by atoms with Gasteiger partial charge in [0, 0.05) is 26.4 Å². The second-order valence-electron chi connectivity index (χ2n) is 7.61. The zero-order valence-electron chi connectivity index (χ0n) is 20.3. The molecule has 0 rings (SSSR count). The van der Waals surface area contributed by atoms with Gasteiger partial charge < -0.3 is 24.1 Å². The lowest BCUT2D eigenvalue weighted by atomic mass is 10.1. The molecule has 0 aliphatic carbocycles. The van der Waals surface area contributed by atoms with Crippen molar-refractivity contribution in [2.75, 3.05) is 33.5 Å². The van der Waals surface area contributed by atoms with Gasteiger partial charge in [0.2, 0.25) is 0 Å². The van der Waals surface area contributed by atoms with Gasteiger partial charge in [-0.15, -0.1) is 0 Å². The van der Waals surface area contributed by atoms with Crippen molar-refractivity contribution in [1.82, 2.24) is 0 Å². The molecule has 186 valence electrons. The summed E-state index contributed by atoms with van der Waals surface area (Å²) in [5.74, 6) is -0.535. The third-order valence-corrected chi connectivity index (χ3v) is 4.66. The molecule has 7 heteroatoms. The highest BCUT2D eigenvalue weighted by molar-refractivity contribution is 5.70. The highest BCUT2D eigenvalue weighted by atomic mass is 16.6. The molecule has 1 N–H and O–H groups in total. The lowest BCUT2D eigenvalue weighted by Gasteiger charge is -2.17. The van der Waals surface area contributed by atoms with Crippen molar-refractivity contribution < 1.29 is 33.6 Å². The van der Waals surface area contributed by atoms with Crippen LogP contribution in [0.3, 0.4) is 0 Å². The maximum atomic E-state index is 12.2. The Labute approximate surface area is 194 Å². The summed E-state index contributed by atoms with van der Waals surface area (Å²) in [6.45, 7) is 5.65. The van der Waals surface area contributed by atoms with E-state index in [1.807, 2.05) is 31.2 Å². The van der Waals surface area contributed by atoms with Crippen molar-refractivity contribution in [3.05, 3.63) is 24.3 Å². The molecular formula is C25H44O7. The van der Waals surface area contributed by atoms with Gasteiger partial charge in [0.25, 0.3) is 0 Å². The first kappa shape index (κ1) is 30.3. The first-order chi connectivity index (χ1) is 15.5. The van der Waals surface area contributed by atoms with Crippen LogP contribution in [0.4, 0.5) is 0 Å². The molecule has 0 fully saturated rings. The summed E-state index contributed by atoms with van der Waals surface area (Å²) in [5, 5.41) is 9.93. The largest absolute Gasteiger partial charge is 0.463 e. The zero-order valence-corrected chi connectivity index (χ0v) is 20.3. The second-order valence-corrected chi connectivity index (χ2v) is 7.61. The fraction of sp³-hybridized carbons (Fsp3) is 0.760. The minimum absolute atomic E-state index is 0.223. The highest BCUT2D eigenvalue weighted by Crippen LogP contribution is 2.14. The Morgan fingerprint density at radius 2 is 1.44 bits per heavy atom. The molecule has 0 amide bonds. The van der Waals surface area contributed by atoms with Crippen LogP contribution in [-0.4, -0.2) is 62.8 Å². The van der Waals surface area contributed by atoms with Crippen LogP contribution in [0.15, 0.2) is 24.3 Å². The van der Waals surface area contributed by atoms with Gasteiger partial charge in [-0.25, -0.2) is 0 Å². The zero-order chi connectivity index (χ0) is 23.9. The number of allylic oxidation sites excluding steroid dienone is 2. The summed E-state index contributed by atoms with van der Waals surface area (Å²) < 4.78 is 20.9. The summed E-state index contributed by atoms with van der Waals surface area (Å²) in [6, 6.07) is 0. The fourth-order valence-electron chi connectivity index (χ4n) is 2.91. The molecule has 7 nitrogen and oxygen atoms in total. The van der Waals surface area contributed by atoms with Gasteiger partial charge in [-0.2, -0.15) is 0 Å². The van der Waals surface area contributed by atoms with Crippen LogP contribution < -0.4 is 0 Å². The SMILES string of the molecule is CC/C=C\CC(O)CCCC(=O)OC(C/C=C\CC)CCCC(=O)OCCOCCOC. The number of aliphatic hydroxyl groups is 1. The van der Waals surface area contributed by atoms with Crippen LogP contribution in [0.1, 0.15) is 78.1 Å². The van der Waals surface area contributed by atoms with E-state index in [-0.39, 0.29) is 37.5 Å². The molecule has 2 unspecified atom stereocenters. The number of hydrogen-bond donors (Lipinski definition) is 1. The van der Waals surface area contributed by atoms with Gasteiger partial charge in [-0.1, -0.05) is 38.2 Å².